The summed E-state index contributed by atoms with van der Waals surface area (Å²) in [4.78, 5) is 23.6. The van der Waals surface area contributed by atoms with Crippen molar-refractivity contribution in [1.82, 2.24) is 0 Å². The Labute approximate surface area is 235 Å². The summed E-state index contributed by atoms with van der Waals surface area (Å²) in [6, 6.07) is 30.2. The lowest BCUT2D eigenvalue weighted by molar-refractivity contribution is -0.131. The number of carbonyl (C=O) groups excluding carboxylic acids is 2. The smallest absolute Gasteiger partial charge is 0.497 e. The molecule has 4 aromatic carbocycles. The fraction of sp³-hybridized carbons (Fsp3) is 0.235. The van der Waals surface area contributed by atoms with Crippen molar-refractivity contribution in [3.8, 4) is 23.0 Å². The van der Waals surface area contributed by atoms with Gasteiger partial charge in [0.2, 0.25) is 0 Å². The van der Waals surface area contributed by atoms with E-state index in [0.717, 1.165) is 28.0 Å². The van der Waals surface area contributed by atoms with Crippen LogP contribution in [0.3, 0.4) is 0 Å². The molecule has 0 aromatic heterocycles. The highest BCUT2D eigenvalue weighted by atomic mass is 16.7. The summed E-state index contributed by atoms with van der Waals surface area (Å²) in [5.74, 6) is 1.74. The Morgan fingerprint density at radius 3 is 1.02 bits per heavy atom. The minimum atomic E-state index is -0.810. The number of methoxy groups -OCH3 is 1. The molecule has 4 rings (SSSR count). The number of ether oxygens (including phenoxy) is 4. The van der Waals surface area contributed by atoms with Gasteiger partial charge >= 0.3 is 12.1 Å². The fourth-order valence-corrected chi connectivity index (χ4v) is 4.54. The van der Waals surface area contributed by atoms with Crippen LogP contribution >= 0.6 is 0 Å². The molecule has 0 N–H and O–H groups in total. The van der Waals surface area contributed by atoms with Gasteiger partial charge in [-0.2, -0.15) is 0 Å². The maximum Gasteiger partial charge on any atom is 0.519 e. The molecule has 0 aliphatic heterocycles. The van der Waals surface area contributed by atoms with Gasteiger partial charge in [0.1, 0.15) is 23.0 Å². The number of carbonyl (C=O) groups is 2. The highest BCUT2D eigenvalue weighted by molar-refractivity contribution is 5.69. The molecule has 0 heterocycles. The second-order valence-electron chi connectivity index (χ2n) is 10.6. The topological polar surface area (TPSA) is 71.1 Å². The maximum atomic E-state index is 12.5. The first kappa shape index (κ1) is 28.4. The van der Waals surface area contributed by atoms with Crippen LogP contribution in [-0.2, 0) is 15.6 Å². The molecule has 0 unspecified atom stereocenters. The van der Waals surface area contributed by atoms with Crippen molar-refractivity contribution in [2.45, 2.75) is 45.4 Å². The van der Waals surface area contributed by atoms with E-state index in [1.807, 2.05) is 60.7 Å². The van der Waals surface area contributed by atoms with E-state index in [1.165, 1.54) is 6.92 Å². The zero-order valence-electron chi connectivity index (χ0n) is 23.7. The van der Waals surface area contributed by atoms with E-state index >= 15 is 0 Å². The van der Waals surface area contributed by atoms with Crippen LogP contribution in [-0.4, -0.2) is 19.2 Å². The normalized spacial score (nSPS) is 11.4. The molecule has 0 saturated heterocycles. The molecule has 6 nitrogen and oxygen atoms in total. The van der Waals surface area contributed by atoms with Gasteiger partial charge in [0.15, 0.2) is 0 Å². The SMILES string of the molecule is COc1ccc(C(C)(C)c2ccc(OC(=O)Oc3ccc(C(C)(C)c4ccc(OC(C)=O)cc4)cc3)cc2)cc1. The Balaban J connectivity index is 1.37. The predicted molar refractivity (Wildman–Crippen MR) is 155 cm³/mol. The molecular formula is C34H34O6. The minimum Gasteiger partial charge on any atom is -0.497 e. The van der Waals surface area contributed by atoms with Gasteiger partial charge in [0, 0.05) is 17.8 Å². The standard InChI is InChI=1S/C34H34O6/c1-23(35)38-29-17-9-25(10-18-29)34(4,5)27-13-21-31(22-14-27)40-32(36)39-30-19-11-26(12-20-30)33(2,3)24-7-15-28(37-6)16-8-24/h7-22H,1-6H3. The second kappa shape index (κ2) is 11.7. The molecule has 0 atom stereocenters. The van der Waals surface area contributed by atoms with E-state index in [4.69, 9.17) is 18.9 Å². The van der Waals surface area contributed by atoms with Crippen LogP contribution in [0.4, 0.5) is 4.79 Å². The second-order valence-corrected chi connectivity index (χ2v) is 10.6. The molecule has 40 heavy (non-hydrogen) atoms. The summed E-state index contributed by atoms with van der Waals surface area (Å²) >= 11 is 0. The summed E-state index contributed by atoms with van der Waals surface area (Å²) in [6.07, 6.45) is -0.810. The number of hydrogen-bond acceptors (Lipinski definition) is 6. The zero-order valence-corrected chi connectivity index (χ0v) is 23.7. The van der Waals surface area contributed by atoms with Gasteiger partial charge in [0.05, 0.1) is 7.11 Å². The average Bonchev–Trinajstić information content (AvgIpc) is 2.93. The lowest BCUT2D eigenvalue weighted by Gasteiger charge is -2.26. The number of rotatable bonds is 8. The number of benzene rings is 4. The number of esters is 1. The summed E-state index contributed by atoms with van der Waals surface area (Å²) in [7, 11) is 1.65. The Hall–Kier alpha value is -4.58. The molecule has 0 saturated carbocycles. The third-order valence-electron chi connectivity index (χ3n) is 7.20. The van der Waals surface area contributed by atoms with Gasteiger partial charge in [-0.05, 0) is 70.8 Å². The first-order valence-electron chi connectivity index (χ1n) is 13.0. The van der Waals surface area contributed by atoms with Crippen molar-refractivity contribution in [1.29, 1.82) is 0 Å². The molecule has 4 aromatic rings. The van der Waals surface area contributed by atoms with Crippen molar-refractivity contribution in [2.75, 3.05) is 7.11 Å². The Morgan fingerprint density at radius 2 is 0.750 bits per heavy atom. The quantitative estimate of drug-likeness (QED) is 0.129. The first-order chi connectivity index (χ1) is 19.0. The predicted octanol–water partition coefficient (Wildman–Crippen LogP) is 7.85. The van der Waals surface area contributed by atoms with Crippen molar-refractivity contribution in [2.24, 2.45) is 0 Å². The molecule has 0 amide bonds. The Kier molecular flexibility index (Phi) is 8.29. The van der Waals surface area contributed by atoms with E-state index in [9.17, 15) is 9.59 Å². The van der Waals surface area contributed by atoms with Crippen LogP contribution in [0, 0.1) is 0 Å². The highest BCUT2D eigenvalue weighted by Crippen LogP contribution is 2.35. The molecular weight excluding hydrogens is 504 g/mol. The fourth-order valence-electron chi connectivity index (χ4n) is 4.54. The summed E-state index contributed by atoms with van der Waals surface area (Å²) in [5.41, 5.74) is 3.74. The van der Waals surface area contributed by atoms with Crippen LogP contribution in [0.5, 0.6) is 23.0 Å². The highest BCUT2D eigenvalue weighted by Gasteiger charge is 2.25. The van der Waals surface area contributed by atoms with Crippen LogP contribution in [0.2, 0.25) is 0 Å². The van der Waals surface area contributed by atoms with Crippen LogP contribution in [0.15, 0.2) is 97.1 Å². The third-order valence-corrected chi connectivity index (χ3v) is 7.20. The minimum absolute atomic E-state index is 0.245. The van der Waals surface area contributed by atoms with E-state index in [2.05, 4.69) is 27.7 Å². The van der Waals surface area contributed by atoms with Crippen LogP contribution in [0.1, 0.15) is 56.9 Å². The van der Waals surface area contributed by atoms with Gasteiger partial charge in [-0.15, -0.1) is 0 Å². The molecule has 0 radical (unpaired) electrons. The van der Waals surface area contributed by atoms with Crippen molar-refractivity contribution >= 4 is 12.1 Å². The molecule has 0 spiro atoms. The molecule has 206 valence electrons. The first-order valence-corrected chi connectivity index (χ1v) is 13.0. The molecule has 0 bridgehead atoms. The van der Waals surface area contributed by atoms with Crippen LogP contribution in [0.25, 0.3) is 0 Å². The van der Waals surface area contributed by atoms with Gasteiger partial charge < -0.3 is 18.9 Å². The molecule has 0 aliphatic rings. The van der Waals surface area contributed by atoms with E-state index < -0.39 is 6.16 Å². The van der Waals surface area contributed by atoms with Crippen molar-refractivity contribution < 1.29 is 28.5 Å². The average molecular weight is 539 g/mol. The monoisotopic (exact) mass is 538 g/mol. The summed E-state index contributed by atoms with van der Waals surface area (Å²) in [5, 5.41) is 0. The summed E-state index contributed by atoms with van der Waals surface area (Å²) < 4.78 is 21.2. The van der Waals surface area contributed by atoms with Gasteiger partial charge in [-0.3, -0.25) is 4.79 Å². The maximum absolute atomic E-state index is 12.5. The zero-order chi connectivity index (χ0) is 28.9. The van der Waals surface area contributed by atoms with Crippen molar-refractivity contribution in [3.63, 3.8) is 0 Å². The van der Waals surface area contributed by atoms with Crippen LogP contribution < -0.4 is 18.9 Å². The van der Waals surface area contributed by atoms with Gasteiger partial charge in [0.25, 0.3) is 0 Å². The summed E-state index contributed by atoms with van der Waals surface area (Å²) in [6.45, 7) is 9.85. The Bertz CT molecular complexity index is 1450. The molecule has 6 heteroatoms. The lowest BCUT2D eigenvalue weighted by atomic mass is 9.78. The van der Waals surface area contributed by atoms with E-state index in [1.54, 1.807) is 43.5 Å². The van der Waals surface area contributed by atoms with E-state index in [-0.39, 0.29) is 16.8 Å². The van der Waals surface area contributed by atoms with Crippen molar-refractivity contribution in [3.05, 3.63) is 119 Å². The Morgan fingerprint density at radius 1 is 0.475 bits per heavy atom. The van der Waals surface area contributed by atoms with Gasteiger partial charge in [-0.1, -0.05) is 76.2 Å². The molecule has 0 aliphatic carbocycles. The van der Waals surface area contributed by atoms with E-state index in [0.29, 0.717) is 17.2 Å². The number of hydrogen-bond donors (Lipinski definition) is 0. The van der Waals surface area contributed by atoms with Gasteiger partial charge in [-0.25, -0.2) is 4.79 Å². The molecule has 0 fully saturated rings. The largest absolute Gasteiger partial charge is 0.519 e. The third kappa shape index (κ3) is 6.52. The lowest BCUT2D eigenvalue weighted by Crippen LogP contribution is -2.19.